The Morgan fingerprint density at radius 2 is 1.64 bits per heavy atom. The molecule has 4 saturated carbocycles. The smallest absolute Gasteiger partial charge is 0.311 e. The molecule has 10 heteroatoms. The minimum absolute atomic E-state index is 0.00530. The number of aryl methyl sites for hydroxylation is 1. The topological polar surface area (TPSA) is 140 Å². The molecule has 0 spiro atoms. The van der Waals surface area contributed by atoms with E-state index in [0.717, 1.165) is 50.5 Å². The molecule has 0 aromatic carbocycles. The third kappa shape index (κ3) is 5.07. The highest BCUT2D eigenvalue weighted by atomic mass is 16.5. The molecule has 0 unspecified atom stereocenters. The van der Waals surface area contributed by atoms with E-state index in [1.54, 1.807) is 25.7 Å². The Hall–Kier alpha value is -3.04. The number of nitrogens with zero attached hydrogens (tertiary/aromatic N) is 3. The van der Waals surface area contributed by atoms with Crippen molar-refractivity contribution in [1.82, 2.24) is 15.1 Å². The highest BCUT2D eigenvalue weighted by Gasteiger charge is 2.71. The van der Waals surface area contributed by atoms with Gasteiger partial charge in [-0.3, -0.25) is 19.2 Å². The summed E-state index contributed by atoms with van der Waals surface area (Å²) in [5.41, 5.74) is -0.0806. The van der Waals surface area contributed by atoms with Crippen LogP contribution in [0.5, 0.6) is 0 Å². The Morgan fingerprint density at radius 3 is 2.24 bits per heavy atom. The van der Waals surface area contributed by atoms with E-state index >= 15 is 0 Å². The molecule has 0 saturated heterocycles. The molecule has 5 aliphatic carbocycles. The van der Waals surface area contributed by atoms with E-state index in [1.165, 1.54) is 5.57 Å². The fourth-order valence-electron chi connectivity index (χ4n) is 12.6. The molecule has 5 aliphatic rings. The largest absolute Gasteiger partial charge is 0.481 e. The minimum Gasteiger partial charge on any atom is -0.481 e. The first-order valence-electron chi connectivity index (χ1n) is 18.9. The fourth-order valence-corrected chi connectivity index (χ4v) is 12.6. The van der Waals surface area contributed by atoms with Gasteiger partial charge in [-0.05, 0) is 116 Å². The first-order valence-corrected chi connectivity index (χ1v) is 18.9. The van der Waals surface area contributed by atoms with Crippen molar-refractivity contribution in [3.05, 3.63) is 22.9 Å². The second-order valence-corrected chi connectivity index (χ2v) is 18.9. The highest BCUT2D eigenvalue weighted by molar-refractivity contribution is 6.03. The molecule has 8 atom stereocenters. The van der Waals surface area contributed by atoms with Crippen molar-refractivity contribution in [2.24, 2.45) is 50.7 Å². The first-order chi connectivity index (χ1) is 23.1. The lowest BCUT2D eigenvalue weighted by molar-refractivity contribution is -0.233. The number of amides is 1. The van der Waals surface area contributed by atoms with Gasteiger partial charge in [0.05, 0.1) is 17.4 Å². The highest BCUT2D eigenvalue weighted by Crippen LogP contribution is 2.76. The van der Waals surface area contributed by atoms with Crippen LogP contribution in [-0.2, 0) is 19.1 Å². The van der Waals surface area contributed by atoms with Gasteiger partial charge in [-0.1, -0.05) is 48.5 Å². The van der Waals surface area contributed by atoms with Crippen molar-refractivity contribution in [3.8, 4) is 0 Å². The molecular formula is C40H59N3O7. The van der Waals surface area contributed by atoms with Crippen molar-refractivity contribution in [2.45, 2.75) is 145 Å². The first kappa shape index (κ1) is 36.7. The predicted molar refractivity (Wildman–Crippen MR) is 187 cm³/mol. The van der Waals surface area contributed by atoms with Gasteiger partial charge in [0.25, 0.3) is 0 Å². The van der Waals surface area contributed by atoms with E-state index in [2.05, 4.69) is 58.7 Å². The van der Waals surface area contributed by atoms with Gasteiger partial charge in [-0.15, -0.1) is 10.2 Å². The van der Waals surface area contributed by atoms with Gasteiger partial charge < -0.3 is 19.2 Å². The molecule has 10 nitrogen and oxygen atoms in total. The summed E-state index contributed by atoms with van der Waals surface area (Å²) in [4.78, 5) is 54.5. The van der Waals surface area contributed by atoms with Gasteiger partial charge in [-0.2, -0.15) is 0 Å². The number of allylic oxidation sites excluding steroid dienone is 1. The van der Waals surface area contributed by atoms with Gasteiger partial charge in [-0.25, -0.2) is 0 Å². The Morgan fingerprint density at radius 1 is 0.960 bits per heavy atom. The van der Waals surface area contributed by atoms with Gasteiger partial charge in [0.2, 0.25) is 5.89 Å². The number of carbonyl (C=O) groups excluding carboxylic acids is 3. The van der Waals surface area contributed by atoms with Crippen LogP contribution < -0.4 is 0 Å². The van der Waals surface area contributed by atoms with Crippen molar-refractivity contribution in [1.29, 1.82) is 0 Å². The molecule has 1 amide bonds. The quantitative estimate of drug-likeness (QED) is 0.286. The van der Waals surface area contributed by atoms with Crippen LogP contribution in [0.15, 0.2) is 15.6 Å². The maximum absolute atomic E-state index is 14.0. The number of aliphatic carboxylic acids is 1. The number of fused-ring (bicyclic) bond motifs is 7. The summed E-state index contributed by atoms with van der Waals surface area (Å²) in [7, 11) is 1.82. The van der Waals surface area contributed by atoms with Crippen molar-refractivity contribution in [2.75, 3.05) is 7.05 Å². The van der Waals surface area contributed by atoms with E-state index in [4.69, 9.17) is 9.15 Å². The number of hydrogen-bond acceptors (Lipinski definition) is 8. The SMILES string of the molecule is Cc1nnc(C(=O)N(C)[C@@]23CC[C@]4(C)[C@H](CC[C@@H]5[C@@]6(C)CC[C@H](OC(=O)CC(C)(C)C(=O)O)C(C)(C)[C@@H]6CC[C@]54C)C2=C(C(C)C)C(=O)C3)o1. The summed E-state index contributed by atoms with van der Waals surface area (Å²) in [5, 5.41) is 17.5. The van der Waals surface area contributed by atoms with Crippen LogP contribution in [0, 0.1) is 57.7 Å². The van der Waals surface area contributed by atoms with Crippen LogP contribution in [0.3, 0.4) is 0 Å². The standard InChI is InChI=1S/C40H59N3O7/c1-22(2)30-25(44)20-40(43(11)33(46)32-42-41-23(3)49-32)19-18-38(9)24(31(30)40)12-13-27-37(8)16-15-28(50-29(45)21-35(4,5)34(47)48)36(6,7)26(37)14-17-39(27,38)10/h22,24,26-28H,12-21H2,1-11H3,(H,47,48)/t24-,26+,27-,28+,37+,38-,39-,40-/m1/s1. The molecule has 6 rings (SSSR count). The third-order valence-corrected chi connectivity index (χ3v) is 15.4. The van der Waals surface area contributed by atoms with Gasteiger partial charge in [0.15, 0.2) is 5.78 Å². The third-order valence-electron chi connectivity index (χ3n) is 15.4. The molecule has 1 aromatic rings. The van der Waals surface area contributed by atoms with Crippen molar-refractivity contribution in [3.63, 3.8) is 0 Å². The molecule has 0 bridgehead atoms. The zero-order valence-corrected chi connectivity index (χ0v) is 32.2. The number of rotatable bonds is 7. The monoisotopic (exact) mass is 693 g/mol. The number of hydrogen-bond donors (Lipinski definition) is 1. The van der Waals surface area contributed by atoms with Crippen LogP contribution >= 0.6 is 0 Å². The summed E-state index contributed by atoms with van der Waals surface area (Å²) in [6, 6.07) is 0. The number of aromatic nitrogens is 2. The van der Waals surface area contributed by atoms with Crippen LogP contribution in [-0.4, -0.2) is 62.5 Å². The lowest BCUT2D eigenvalue weighted by atomic mass is 9.33. The number of carboxylic acid groups (broad SMARTS) is 1. The zero-order chi connectivity index (χ0) is 37.0. The molecule has 0 radical (unpaired) electrons. The number of carbonyl (C=O) groups is 4. The predicted octanol–water partition coefficient (Wildman–Crippen LogP) is 7.60. The number of esters is 1. The minimum atomic E-state index is -1.18. The number of Topliss-reactive ketones (excluding diaryl/α,β-unsaturated/α-hetero) is 1. The average Bonchev–Trinajstić information content (AvgIpc) is 3.58. The van der Waals surface area contributed by atoms with Gasteiger partial charge in [0, 0.05) is 25.8 Å². The number of carboxylic acids is 1. The van der Waals surface area contributed by atoms with E-state index < -0.39 is 22.9 Å². The van der Waals surface area contributed by atoms with Crippen LogP contribution in [0.4, 0.5) is 0 Å². The van der Waals surface area contributed by atoms with Crippen LogP contribution in [0.25, 0.3) is 0 Å². The van der Waals surface area contributed by atoms with E-state index in [-0.39, 0.29) is 63.6 Å². The molecule has 4 fully saturated rings. The number of ether oxygens (including phenoxy) is 1. The van der Waals surface area contributed by atoms with Gasteiger partial charge in [0.1, 0.15) is 6.10 Å². The lowest BCUT2D eigenvalue weighted by Crippen LogP contribution is -2.67. The van der Waals surface area contributed by atoms with E-state index in [1.807, 2.05) is 7.05 Å². The lowest BCUT2D eigenvalue weighted by Gasteiger charge is -2.72. The molecule has 0 aliphatic heterocycles. The Kier molecular flexibility index (Phi) is 8.63. The average molecular weight is 694 g/mol. The van der Waals surface area contributed by atoms with Gasteiger partial charge >= 0.3 is 23.7 Å². The van der Waals surface area contributed by atoms with Crippen molar-refractivity contribution >= 4 is 23.6 Å². The van der Waals surface area contributed by atoms with Crippen molar-refractivity contribution < 1.29 is 33.4 Å². The summed E-state index contributed by atoms with van der Waals surface area (Å²) in [5.74, 6) is -0.290. The summed E-state index contributed by atoms with van der Waals surface area (Å²) in [6.45, 7) is 21.0. The number of ketones is 1. The fraction of sp³-hybridized carbons (Fsp3) is 0.800. The molecule has 1 heterocycles. The van der Waals surface area contributed by atoms with Crippen LogP contribution in [0.2, 0.25) is 0 Å². The summed E-state index contributed by atoms with van der Waals surface area (Å²) >= 11 is 0. The zero-order valence-electron chi connectivity index (χ0n) is 32.2. The molecule has 276 valence electrons. The Balaban J connectivity index is 1.32. The summed E-state index contributed by atoms with van der Waals surface area (Å²) < 4.78 is 11.7. The Labute approximate surface area is 297 Å². The second-order valence-electron chi connectivity index (χ2n) is 18.9. The molecule has 1 aromatic heterocycles. The second kappa shape index (κ2) is 11.7. The van der Waals surface area contributed by atoms with Crippen LogP contribution in [0.1, 0.15) is 143 Å². The van der Waals surface area contributed by atoms with E-state index in [0.29, 0.717) is 30.6 Å². The Bertz CT molecular complexity index is 1640. The number of likely N-dealkylation sites (N-methyl/N-ethyl adjacent to an activating group) is 1. The summed E-state index contributed by atoms with van der Waals surface area (Å²) in [6.07, 6.45) is 7.29. The maximum atomic E-state index is 14.0. The molecule has 50 heavy (non-hydrogen) atoms. The molecular weight excluding hydrogens is 634 g/mol. The van der Waals surface area contributed by atoms with E-state index in [9.17, 15) is 24.3 Å². The normalized spacial score (nSPS) is 37.8. The molecule has 1 N–H and O–H groups in total. The maximum Gasteiger partial charge on any atom is 0.311 e.